The Bertz CT molecular complexity index is 1070. The molecular weight excluding hydrogens is 432 g/mol. The fourth-order valence-electron chi connectivity index (χ4n) is 4.00. The Hall–Kier alpha value is -0.0800. The van der Waals surface area contributed by atoms with Crippen LogP contribution in [0.4, 0.5) is 0 Å². The van der Waals surface area contributed by atoms with Crippen LogP contribution in [0, 0.1) is 0 Å². The molecular formula is C19H33Cl2NSiZr. The summed E-state index contributed by atoms with van der Waals surface area (Å²) in [6.07, 6.45) is 7.93. The molecule has 0 amide bonds. The number of hydrogen-bond acceptors (Lipinski definition) is 0. The summed E-state index contributed by atoms with van der Waals surface area (Å²) >= 11 is -5.18. The van der Waals surface area contributed by atoms with Crippen LogP contribution < -0.4 is 3.40 Å². The fourth-order valence-corrected chi connectivity index (χ4v) is 20.1. The standard InChI is InChI=1S/C8H6N.C5H5.6CH3.2ClH.H2Si.Zr/c1-2-4-8-7(3-1)5-6-9-8;1-2-4-5-3-1;;;;;;;;;;/h1-5,9H;1-3H,4H2;6*1H3;2*1H;1H2;. The number of aromatic nitrogens is 1. The van der Waals surface area contributed by atoms with E-state index in [-0.39, 0.29) is 24.8 Å². The van der Waals surface area contributed by atoms with Gasteiger partial charge in [-0.25, -0.2) is 0 Å². The second-order valence-corrected chi connectivity index (χ2v) is 113. The molecule has 24 heavy (non-hydrogen) atoms. The van der Waals surface area contributed by atoms with E-state index in [0.717, 1.165) is 6.42 Å². The Balaban J connectivity index is 0.00000144. The maximum absolute atomic E-state index is 5.18. The Morgan fingerprint density at radius 2 is 1.54 bits per heavy atom. The number of fused-ring (bicyclic) bond motifs is 1. The van der Waals surface area contributed by atoms with E-state index in [4.69, 9.17) is 0 Å². The van der Waals surface area contributed by atoms with Gasteiger partial charge in [-0.2, -0.15) is 0 Å². The number of nitrogens with one attached hydrogen (secondary N) is 1. The third kappa shape index (κ3) is 2.86. The Morgan fingerprint density at radius 3 is 2.04 bits per heavy atom. The van der Waals surface area contributed by atoms with Crippen molar-refractivity contribution in [2.75, 3.05) is 0 Å². The molecule has 0 bridgehead atoms. The quantitative estimate of drug-likeness (QED) is 0.512. The van der Waals surface area contributed by atoms with Crippen LogP contribution in [0.5, 0.6) is 0 Å². The zero-order valence-corrected chi connectivity index (χ0v) is 21.4. The van der Waals surface area contributed by atoms with Crippen LogP contribution in [0.15, 0.2) is 51.8 Å². The molecule has 1 N–H and O–H groups in total. The van der Waals surface area contributed by atoms with Crippen LogP contribution >= 0.6 is 24.8 Å². The van der Waals surface area contributed by atoms with Crippen molar-refractivity contribution in [1.82, 2.24) is 4.98 Å². The predicted octanol–water partition coefficient (Wildman–Crippen LogP) is 6.15. The zero-order chi connectivity index (χ0) is 16.7. The monoisotopic (exact) mass is 463 g/mol. The third-order valence-electron chi connectivity index (χ3n) is 6.56. The Kier molecular flexibility index (Phi) is 3.00. The molecule has 1 aromatic carbocycles. The van der Waals surface area contributed by atoms with E-state index in [1.807, 2.05) is 0 Å². The molecule has 1 aromatic heterocycles. The SMILES string of the molecule is Cl.Cl.[CH3][Zr]([CH3])([CH3])([CH3])([CH3])([CH3])(=[SiH2])([C]1=CC=CC1)[c]1cc2ccccc2[nH]1. The molecule has 3 rings (SSSR count). The molecule has 136 valence electrons. The van der Waals surface area contributed by atoms with Crippen LogP contribution in [0.2, 0.25) is 27.8 Å². The zero-order valence-electron chi connectivity index (χ0n) is 15.8. The van der Waals surface area contributed by atoms with Crippen molar-refractivity contribution in [3.63, 3.8) is 0 Å². The van der Waals surface area contributed by atoms with Crippen molar-refractivity contribution in [3.05, 3.63) is 51.8 Å². The Morgan fingerprint density at radius 1 is 0.958 bits per heavy atom. The van der Waals surface area contributed by atoms with Gasteiger partial charge in [0.25, 0.3) is 0 Å². The summed E-state index contributed by atoms with van der Waals surface area (Å²) < 4.78 is 18.4. The van der Waals surface area contributed by atoms with Crippen LogP contribution in [-0.4, -0.2) is 11.9 Å². The molecule has 1 aliphatic carbocycles. The number of H-pyrrole nitrogens is 1. The molecule has 0 saturated carbocycles. The van der Waals surface area contributed by atoms with Crippen molar-refractivity contribution in [2.24, 2.45) is 0 Å². The van der Waals surface area contributed by atoms with E-state index in [0.29, 0.717) is 0 Å². The van der Waals surface area contributed by atoms with Crippen molar-refractivity contribution < 1.29 is 11.5 Å². The van der Waals surface area contributed by atoms with E-state index >= 15 is 0 Å². The van der Waals surface area contributed by atoms with E-state index in [1.165, 1.54) is 14.3 Å². The fraction of sp³-hybridized carbons (Fsp3) is 0.368. The number of aromatic amines is 1. The van der Waals surface area contributed by atoms with Crippen molar-refractivity contribution in [1.29, 1.82) is 0 Å². The molecule has 1 nitrogen and oxygen atoms in total. The van der Waals surface area contributed by atoms with Crippen LogP contribution in [0.25, 0.3) is 10.9 Å². The summed E-state index contributed by atoms with van der Waals surface area (Å²) in [6.45, 7) is 2.26. The maximum atomic E-state index is 3.83. The van der Waals surface area contributed by atoms with Crippen LogP contribution in [0.3, 0.4) is 0 Å². The minimum atomic E-state index is -5.18. The van der Waals surface area contributed by atoms with Crippen molar-refractivity contribution in [2.45, 2.75) is 34.2 Å². The number of halogens is 2. The summed E-state index contributed by atoms with van der Waals surface area (Å²) in [5, 5.41) is 1.30. The van der Waals surface area contributed by atoms with Gasteiger partial charge in [0, 0.05) is 0 Å². The first-order valence-corrected chi connectivity index (χ1v) is 31.6. The van der Waals surface area contributed by atoms with Gasteiger partial charge < -0.3 is 0 Å². The number of para-hydroxylation sites is 1. The van der Waals surface area contributed by atoms with Gasteiger partial charge in [0.15, 0.2) is 0 Å². The van der Waals surface area contributed by atoms with Gasteiger partial charge in [-0.1, -0.05) is 0 Å². The number of benzene rings is 1. The van der Waals surface area contributed by atoms with Gasteiger partial charge >= 0.3 is 124 Å². The van der Waals surface area contributed by atoms with E-state index in [9.17, 15) is 0 Å². The van der Waals surface area contributed by atoms with Gasteiger partial charge in [-0.05, 0) is 0 Å². The summed E-state index contributed by atoms with van der Waals surface area (Å²) in [7, 11) is 0. The molecule has 0 aliphatic heterocycles. The average Bonchev–Trinajstić information content (AvgIpc) is 2.97. The van der Waals surface area contributed by atoms with Gasteiger partial charge in [0.2, 0.25) is 0 Å². The average molecular weight is 466 g/mol. The second-order valence-electron chi connectivity index (χ2n) is 16.7. The molecule has 0 fully saturated rings. The molecule has 0 spiro atoms. The summed E-state index contributed by atoms with van der Waals surface area (Å²) in [6, 6.07) is 11.0. The Labute approximate surface area is 147 Å². The summed E-state index contributed by atoms with van der Waals surface area (Å²) in [5.74, 6) is 0. The number of rotatable bonds is 2. The second kappa shape index (κ2) is 3.28. The molecule has 2 aromatic rings. The molecule has 0 atom stereocenters. The van der Waals surface area contributed by atoms with Gasteiger partial charge in [0.1, 0.15) is 0 Å². The predicted molar refractivity (Wildman–Crippen MR) is 118 cm³/mol. The van der Waals surface area contributed by atoms with E-state index in [2.05, 4.69) is 88.2 Å². The molecule has 5 heteroatoms. The summed E-state index contributed by atoms with van der Waals surface area (Å²) in [5.41, 5.74) is 1.23. The molecule has 1 heterocycles. The molecule has 0 radical (unpaired) electrons. The van der Waals surface area contributed by atoms with E-state index in [1.54, 1.807) is 3.28 Å². The first-order valence-electron chi connectivity index (χ1n) is 8.48. The molecule has 0 unspecified atom stereocenters. The summed E-state index contributed by atoms with van der Waals surface area (Å²) in [4.78, 5) is 3.83. The van der Waals surface area contributed by atoms with Crippen molar-refractivity contribution >= 4 is 46.0 Å². The van der Waals surface area contributed by atoms with Gasteiger partial charge in [0.05, 0.1) is 0 Å². The minimum absolute atomic E-state index is 0. The molecule has 1 aliphatic rings. The van der Waals surface area contributed by atoms with Crippen molar-refractivity contribution in [3.8, 4) is 0 Å². The normalized spacial score (nSPS) is 23.1. The first-order chi connectivity index (χ1) is 9.32. The van der Waals surface area contributed by atoms with E-state index < -0.39 is 11.5 Å². The molecule has 0 saturated heterocycles. The number of hydrogen-bond donors (Lipinski definition) is 1. The number of allylic oxidation sites excluding steroid dienone is 4. The topological polar surface area (TPSA) is 15.8 Å². The van der Waals surface area contributed by atoms with Gasteiger partial charge in [-0.15, -0.1) is 24.8 Å². The van der Waals surface area contributed by atoms with Crippen LogP contribution in [-0.2, 0) is 11.5 Å². The van der Waals surface area contributed by atoms with Gasteiger partial charge in [-0.3, -0.25) is 0 Å². The third-order valence-corrected chi connectivity index (χ3v) is 34.0. The first kappa shape index (κ1) is 22.0. The van der Waals surface area contributed by atoms with Crippen LogP contribution in [0.1, 0.15) is 6.42 Å².